The van der Waals surface area contributed by atoms with Crippen LogP contribution in [0.25, 0.3) is 0 Å². The summed E-state index contributed by atoms with van der Waals surface area (Å²) >= 11 is 1.78. The zero-order chi connectivity index (χ0) is 11.6. The van der Waals surface area contributed by atoms with E-state index >= 15 is 0 Å². The molecule has 0 fully saturated rings. The van der Waals surface area contributed by atoms with E-state index in [4.69, 9.17) is 5.73 Å². The molecule has 2 N–H and O–H groups in total. The van der Waals surface area contributed by atoms with Crippen molar-refractivity contribution in [3.63, 3.8) is 0 Å². The average Bonchev–Trinajstić information content (AvgIpc) is 2.42. The predicted octanol–water partition coefficient (Wildman–Crippen LogP) is 2.94. The van der Waals surface area contributed by atoms with Crippen LogP contribution in [0.15, 0.2) is 0 Å². The van der Waals surface area contributed by atoms with E-state index in [1.165, 1.54) is 4.88 Å². The SMILES string of the molecule is Cc1nc(C)c(C(C)N(C)CC(C)N)s1.Cl.Cl. The molecule has 2 atom stereocenters. The highest BCUT2D eigenvalue weighted by molar-refractivity contribution is 7.11. The molecule has 102 valence electrons. The first-order valence-corrected chi connectivity index (χ1v) is 6.13. The van der Waals surface area contributed by atoms with E-state index in [9.17, 15) is 0 Å². The summed E-state index contributed by atoms with van der Waals surface area (Å²) in [6.07, 6.45) is 0. The van der Waals surface area contributed by atoms with Crippen LogP contribution in [0.5, 0.6) is 0 Å². The molecule has 1 aromatic rings. The molecular weight excluding hydrogens is 277 g/mol. The molecule has 0 spiro atoms. The Morgan fingerprint density at radius 1 is 1.29 bits per heavy atom. The summed E-state index contributed by atoms with van der Waals surface area (Å²) in [6.45, 7) is 9.29. The Hall–Kier alpha value is 0.130. The number of hydrogen-bond acceptors (Lipinski definition) is 4. The minimum atomic E-state index is 0. The van der Waals surface area contributed by atoms with Crippen molar-refractivity contribution in [1.29, 1.82) is 0 Å². The highest BCUT2D eigenvalue weighted by atomic mass is 35.5. The maximum atomic E-state index is 5.80. The molecule has 1 heterocycles. The van der Waals surface area contributed by atoms with Crippen LogP contribution in [0.3, 0.4) is 0 Å². The Morgan fingerprint density at radius 3 is 2.18 bits per heavy atom. The van der Waals surface area contributed by atoms with E-state index < -0.39 is 0 Å². The Kier molecular flexibility index (Phi) is 9.47. The lowest BCUT2D eigenvalue weighted by Crippen LogP contribution is -2.34. The standard InChI is InChI=1S/C11H21N3S.2ClH/c1-7(12)6-14(5)9(3)11-8(2)13-10(4)15-11;;/h7,9H,6,12H2,1-5H3;2*1H. The molecule has 0 bridgehead atoms. The summed E-state index contributed by atoms with van der Waals surface area (Å²) in [7, 11) is 2.11. The summed E-state index contributed by atoms with van der Waals surface area (Å²) in [5.41, 5.74) is 6.95. The number of hydrogen-bond donors (Lipinski definition) is 1. The maximum Gasteiger partial charge on any atom is 0.0900 e. The average molecular weight is 300 g/mol. The van der Waals surface area contributed by atoms with Crippen molar-refractivity contribution in [1.82, 2.24) is 9.88 Å². The Labute approximate surface area is 121 Å². The molecule has 1 rings (SSSR count). The molecule has 2 unspecified atom stereocenters. The lowest BCUT2D eigenvalue weighted by Gasteiger charge is -2.25. The molecule has 0 aliphatic heterocycles. The zero-order valence-corrected chi connectivity index (χ0v) is 13.5. The van der Waals surface area contributed by atoms with Gasteiger partial charge in [-0.3, -0.25) is 4.90 Å². The fourth-order valence-electron chi connectivity index (χ4n) is 1.75. The van der Waals surface area contributed by atoms with Crippen LogP contribution in [-0.4, -0.2) is 29.5 Å². The summed E-state index contributed by atoms with van der Waals surface area (Å²) in [4.78, 5) is 8.09. The van der Waals surface area contributed by atoms with Crippen molar-refractivity contribution in [2.75, 3.05) is 13.6 Å². The minimum absolute atomic E-state index is 0. The molecule has 0 saturated heterocycles. The molecular formula is C11H23Cl2N3S. The molecule has 0 radical (unpaired) electrons. The summed E-state index contributed by atoms with van der Waals surface area (Å²) in [5, 5.41) is 1.14. The van der Waals surface area contributed by atoms with Gasteiger partial charge >= 0.3 is 0 Å². The fraction of sp³-hybridized carbons (Fsp3) is 0.727. The van der Waals surface area contributed by atoms with Crippen molar-refractivity contribution < 1.29 is 0 Å². The molecule has 0 aliphatic rings. The Bertz CT molecular complexity index is 329. The van der Waals surface area contributed by atoms with Gasteiger partial charge in [-0.15, -0.1) is 36.2 Å². The largest absolute Gasteiger partial charge is 0.327 e. The molecule has 1 aromatic heterocycles. The predicted molar refractivity (Wildman–Crippen MR) is 80.8 cm³/mol. The minimum Gasteiger partial charge on any atom is -0.327 e. The van der Waals surface area contributed by atoms with Crippen LogP contribution >= 0.6 is 36.2 Å². The monoisotopic (exact) mass is 299 g/mol. The van der Waals surface area contributed by atoms with Crippen molar-refractivity contribution in [3.8, 4) is 0 Å². The van der Waals surface area contributed by atoms with Gasteiger partial charge in [0.25, 0.3) is 0 Å². The maximum absolute atomic E-state index is 5.80. The van der Waals surface area contributed by atoms with Gasteiger partial charge < -0.3 is 5.73 Å². The van der Waals surface area contributed by atoms with Gasteiger partial charge in [0.1, 0.15) is 0 Å². The van der Waals surface area contributed by atoms with E-state index in [0.717, 1.165) is 17.2 Å². The van der Waals surface area contributed by atoms with Gasteiger partial charge in [0.15, 0.2) is 0 Å². The van der Waals surface area contributed by atoms with Gasteiger partial charge in [0, 0.05) is 23.5 Å². The third-order valence-electron chi connectivity index (χ3n) is 2.56. The number of aromatic nitrogens is 1. The number of nitrogens with zero attached hydrogens (tertiary/aromatic N) is 2. The lowest BCUT2D eigenvalue weighted by molar-refractivity contribution is 0.252. The third kappa shape index (κ3) is 5.53. The Morgan fingerprint density at radius 2 is 1.82 bits per heavy atom. The first kappa shape index (κ1) is 19.5. The van der Waals surface area contributed by atoms with Gasteiger partial charge in [-0.1, -0.05) is 0 Å². The molecule has 3 nitrogen and oxygen atoms in total. The van der Waals surface area contributed by atoms with Crippen LogP contribution < -0.4 is 5.73 Å². The van der Waals surface area contributed by atoms with Crippen molar-refractivity contribution >= 4 is 36.2 Å². The number of nitrogens with two attached hydrogens (primary N) is 1. The quantitative estimate of drug-likeness (QED) is 0.929. The van der Waals surface area contributed by atoms with Crippen molar-refractivity contribution in [3.05, 3.63) is 15.6 Å². The summed E-state index contributed by atoms with van der Waals surface area (Å²) in [6, 6.07) is 0.619. The van der Waals surface area contributed by atoms with E-state index in [-0.39, 0.29) is 30.9 Å². The first-order valence-electron chi connectivity index (χ1n) is 5.31. The molecule has 0 saturated carbocycles. The third-order valence-corrected chi connectivity index (χ3v) is 3.80. The second kappa shape index (κ2) is 8.27. The molecule has 6 heteroatoms. The van der Waals surface area contributed by atoms with Gasteiger partial charge in [-0.2, -0.15) is 0 Å². The molecule has 0 amide bonds. The van der Waals surface area contributed by atoms with Gasteiger partial charge in [0.05, 0.1) is 10.7 Å². The van der Waals surface area contributed by atoms with Crippen LogP contribution in [0.1, 0.15) is 35.5 Å². The molecule has 0 aromatic carbocycles. The highest BCUT2D eigenvalue weighted by Gasteiger charge is 2.17. The first-order chi connectivity index (χ1) is 6.91. The Balaban J connectivity index is 0. The second-order valence-corrected chi connectivity index (χ2v) is 5.51. The molecule has 17 heavy (non-hydrogen) atoms. The van der Waals surface area contributed by atoms with Crippen LogP contribution in [0.2, 0.25) is 0 Å². The van der Waals surface area contributed by atoms with Gasteiger partial charge in [-0.25, -0.2) is 4.98 Å². The topological polar surface area (TPSA) is 42.2 Å². The number of aryl methyl sites for hydroxylation is 2. The smallest absolute Gasteiger partial charge is 0.0900 e. The fourth-order valence-corrected chi connectivity index (χ4v) is 2.79. The van der Waals surface area contributed by atoms with Crippen LogP contribution in [0, 0.1) is 13.8 Å². The van der Waals surface area contributed by atoms with Gasteiger partial charge in [-0.05, 0) is 34.7 Å². The normalized spacial score (nSPS) is 13.8. The lowest BCUT2D eigenvalue weighted by atomic mass is 10.2. The molecule has 0 aliphatic carbocycles. The highest BCUT2D eigenvalue weighted by Crippen LogP contribution is 2.27. The van der Waals surface area contributed by atoms with Crippen molar-refractivity contribution in [2.24, 2.45) is 5.73 Å². The van der Waals surface area contributed by atoms with E-state index in [0.29, 0.717) is 6.04 Å². The van der Waals surface area contributed by atoms with Gasteiger partial charge in [0.2, 0.25) is 0 Å². The summed E-state index contributed by atoms with van der Waals surface area (Å²) < 4.78 is 0. The van der Waals surface area contributed by atoms with Crippen LogP contribution in [0.4, 0.5) is 0 Å². The van der Waals surface area contributed by atoms with E-state index in [1.807, 2.05) is 6.92 Å². The zero-order valence-electron chi connectivity index (χ0n) is 11.1. The second-order valence-electron chi connectivity index (χ2n) is 4.28. The van der Waals surface area contributed by atoms with E-state index in [1.54, 1.807) is 11.3 Å². The number of rotatable bonds is 4. The van der Waals surface area contributed by atoms with Crippen LogP contribution in [-0.2, 0) is 0 Å². The summed E-state index contributed by atoms with van der Waals surface area (Å²) in [5.74, 6) is 0. The van der Waals surface area contributed by atoms with E-state index in [2.05, 4.69) is 37.7 Å². The number of thiazole rings is 1. The number of likely N-dealkylation sites (N-methyl/N-ethyl adjacent to an activating group) is 1. The number of halogens is 2. The van der Waals surface area contributed by atoms with Crippen molar-refractivity contribution in [2.45, 2.75) is 39.8 Å².